The smallest absolute Gasteiger partial charge is 0.271 e. The number of nitrogens with one attached hydrogen (secondary N) is 1. The van der Waals surface area contributed by atoms with Gasteiger partial charge in [0, 0.05) is 57.0 Å². The summed E-state index contributed by atoms with van der Waals surface area (Å²) in [4.78, 5) is 26.4. The number of hydrogen-bond donors (Lipinski definition) is 1. The number of hydrogen-bond acceptors (Lipinski definition) is 6. The van der Waals surface area contributed by atoms with E-state index in [4.69, 9.17) is 0 Å². The second-order valence-corrected chi connectivity index (χ2v) is 8.51. The summed E-state index contributed by atoms with van der Waals surface area (Å²) >= 11 is 0. The van der Waals surface area contributed by atoms with Crippen molar-refractivity contribution in [2.75, 3.05) is 37.6 Å². The van der Waals surface area contributed by atoms with Crippen LogP contribution in [0.25, 0.3) is 0 Å². The first kappa shape index (κ1) is 21.7. The van der Waals surface area contributed by atoms with Crippen LogP contribution in [0.5, 0.6) is 0 Å². The number of nitro benzene ring substituents is 1. The zero-order valence-corrected chi connectivity index (χ0v) is 16.8. The first-order chi connectivity index (χ1) is 14.3. The van der Waals surface area contributed by atoms with Crippen molar-refractivity contribution in [1.29, 1.82) is 0 Å². The monoisotopic (exact) mass is 436 g/mol. The summed E-state index contributed by atoms with van der Waals surface area (Å²) in [6.07, 6.45) is -0.00274. The first-order valence-electron chi connectivity index (χ1n) is 9.29. The van der Waals surface area contributed by atoms with Crippen molar-refractivity contribution in [3.63, 3.8) is 0 Å². The maximum absolute atomic E-state index is 12.9. The minimum absolute atomic E-state index is 0.00274. The molecular formula is C19H21FN4O5S. The fourth-order valence-corrected chi connectivity index (χ4v) is 4.20. The number of carbonyl (C=O) groups is 1. The molecule has 3 rings (SSSR count). The zero-order chi connectivity index (χ0) is 21.7. The SMILES string of the molecule is O=C(CCNS(=O)(=O)c1ccc(F)cc1)N1CCN(c2cccc([N+](=O)[O-])c2)CC1. The van der Waals surface area contributed by atoms with Gasteiger partial charge in [-0.2, -0.15) is 0 Å². The number of benzene rings is 2. The van der Waals surface area contributed by atoms with E-state index in [1.807, 2.05) is 4.90 Å². The van der Waals surface area contributed by atoms with E-state index in [0.717, 1.165) is 30.0 Å². The van der Waals surface area contributed by atoms with Crippen molar-refractivity contribution in [1.82, 2.24) is 9.62 Å². The summed E-state index contributed by atoms with van der Waals surface area (Å²) in [5.41, 5.74) is 0.739. The normalized spacial score (nSPS) is 14.6. The van der Waals surface area contributed by atoms with Crippen molar-refractivity contribution in [3.05, 3.63) is 64.5 Å². The Labute approximate surface area is 173 Å². The lowest BCUT2D eigenvalue weighted by Gasteiger charge is -2.36. The summed E-state index contributed by atoms with van der Waals surface area (Å²) in [6.45, 7) is 1.85. The molecule has 1 amide bonds. The maximum Gasteiger partial charge on any atom is 0.271 e. The molecule has 1 saturated heterocycles. The summed E-state index contributed by atoms with van der Waals surface area (Å²) in [5, 5.41) is 10.9. The Kier molecular flexibility index (Phi) is 6.63. The molecule has 1 aliphatic heterocycles. The summed E-state index contributed by atoms with van der Waals surface area (Å²) in [5.74, 6) is -0.719. The maximum atomic E-state index is 12.9. The van der Waals surface area contributed by atoms with Gasteiger partial charge < -0.3 is 9.80 Å². The van der Waals surface area contributed by atoms with Gasteiger partial charge in [-0.15, -0.1) is 0 Å². The third-order valence-electron chi connectivity index (χ3n) is 4.79. The zero-order valence-electron chi connectivity index (χ0n) is 16.0. The van der Waals surface area contributed by atoms with Crippen molar-refractivity contribution in [2.24, 2.45) is 0 Å². The predicted octanol–water partition coefficient (Wildman–Crippen LogP) is 1.75. The van der Waals surface area contributed by atoms with Crippen LogP contribution < -0.4 is 9.62 Å². The van der Waals surface area contributed by atoms with Gasteiger partial charge in [0.05, 0.1) is 9.82 Å². The van der Waals surface area contributed by atoms with Crippen LogP contribution in [0, 0.1) is 15.9 Å². The van der Waals surface area contributed by atoms with Crippen LogP contribution in [-0.2, 0) is 14.8 Å². The Balaban J connectivity index is 1.48. The summed E-state index contributed by atoms with van der Waals surface area (Å²) in [7, 11) is -3.81. The fraction of sp³-hybridized carbons (Fsp3) is 0.316. The molecule has 30 heavy (non-hydrogen) atoms. The minimum atomic E-state index is -3.81. The van der Waals surface area contributed by atoms with E-state index >= 15 is 0 Å². The number of carbonyl (C=O) groups excluding carboxylic acids is 1. The molecule has 1 fully saturated rings. The molecule has 0 aromatic heterocycles. The van der Waals surface area contributed by atoms with Gasteiger partial charge >= 0.3 is 0 Å². The van der Waals surface area contributed by atoms with Gasteiger partial charge in [0.15, 0.2) is 0 Å². The first-order valence-corrected chi connectivity index (χ1v) is 10.8. The molecule has 2 aromatic rings. The molecule has 0 atom stereocenters. The Morgan fingerprint density at radius 2 is 1.77 bits per heavy atom. The van der Waals surface area contributed by atoms with Crippen LogP contribution in [0.3, 0.4) is 0 Å². The molecule has 160 valence electrons. The van der Waals surface area contributed by atoms with E-state index in [0.29, 0.717) is 26.2 Å². The van der Waals surface area contributed by atoms with Crippen molar-refractivity contribution in [2.45, 2.75) is 11.3 Å². The topological polar surface area (TPSA) is 113 Å². The molecule has 0 radical (unpaired) electrons. The number of non-ortho nitro benzene ring substituents is 1. The number of nitro groups is 1. The van der Waals surface area contributed by atoms with Gasteiger partial charge in [-0.05, 0) is 30.3 Å². The fourth-order valence-electron chi connectivity index (χ4n) is 3.16. The third kappa shape index (κ3) is 5.30. The van der Waals surface area contributed by atoms with Crippen LogP contribution in [0.2, 0.25) is 0 Å². The number of amides is 1. The van der Waals surface area contributed by atoms with Crippen LogP contribution in [0.1, 0.15) is 6.42 Å². The highest BCUT2D eigenvalue weighted by atomic mass is 32.2. The highest BCUT2D eigenvalue weighted by Gasteiger charge is 2.22. The van der Waals surface area contributed by atoms with Gasteiger partial charge in [-0.25, -0.2) is 17.5 Å². The van der Waals surface area contributed by atoms with E-state index in [2.05, 4.69) is 4.72 Å². The molecular weight excluding hydrogens is 415 g/mol. The number of sulfonamides is 1. The van der Waals surface area contributed by atoms with Crippen LogP contribution in [0.15, 0.2) is 53.4 Å². The second kappa shape index (κ2) is 9.18. The molecule has 1 N–H and O–H groups in total. The number of halogens is 1. The van der Waals surface area contributed by atoms with Crippen molar-refractivity contribution < 1.29 is 22.5 Å². The lowest BCUT2D eigenvalue weighted by atomic mass is 10.2. The third-order valence-corrected chi connectivity index (χ3v) is 6.27. The van der Waals surface area contributed by atoms with E-state index < -0.39 is 20.8 Å². The highest BCUT2D eigenvalue weighted by Crippen LogP contribution is 2.22. The number of anilines is 1. The van der Waals surface area contributed by atoms with Gasteiger partial charge in [0.25, 0.3) is 5.69 Å². The Bertz CT molecular complexity index is 1020. The number of piperazine rings is 1. The van der Waals surface area contributed by atoms with E-state index in [1.165, 1.54) is 12.1 Å². The quantitative estimate of drug-likeness (QED) is 0.523. The Hall–Kier alpha value is -3.05. The lowest BCUT2D eigenvalue weighted by molar-refractivity contribution is -0.384. The van der Waals surface area contributed by atoms with Gasteiger partial charge in [0.2, 0.25) is 15.9 Å². The van der Waals surface area contributed by atoms with E-state index in [-0.39, 0.29) is 29.5 Å². The van der Waals surface area contributed by atoms with Crippen molar-refractivity contribution in [3.8, 4) is 0 Å². The highest BCUT2D eigenvalue weighted by molar-refractivity contribution is 7.89. The van der Waals surface area contributed by atoms with Crippen molar-refractivity contribution >= 4 is 27.3 Å². The van der Waals surface area contributed by atoms with E-state index in [1.54, 1.807) is 17.0 Å². The average molecular weight is 436 g/mol. The predicted molar refractivity (Wildman–Crippen MR) is 108 cm³/mol. The van der Waals surface area contributed by atoms with Gasteiger partial charge in [-0.3, -0.25) is 14.9 Å². The van der Waals surface area contributed by atoms with Crippen LogP contribution in [-0.4, -0.2) is 56.9 Å². The number of rotatable bonds is 7. The molecule has 0 saturated carbocycles. The molecule has 0 unspecified atom stereocenters. The van der Waals surface area contributed by atoms with Crippen LogP contribution >= 0.6 is 0 Å². The Morgan fingerprint density at radius 3 is 2.40 bits per heavy atom. The molecule has 2 aromatic carbocycles. The van der Waals surface area contributed by atoms with E-state index in [9.17, 15) is 27.7 Å². The molecule has 0 bridgehead atoms. The molecule has 1 heterocycles. The van der Waals surface area contributed by atoms with Gasteiger partial charge in [0.1, 0.15) is 5.82 Å². The minimum Gasteiger partial charge on any atom is -0.368 e. The summed E-state index contributed by atoms with van der Waals surface area (Å²) < 4.78 is 39.6. The molecule has 11 heteroatoms. The summed E-state index contributed by atoms with van der Waals surface area (Å²) in [6, 6.07) is 10.8. The number of nitrogens with zero attached hydrogens (tertiary/aromatic N) is 3. The van der Waals surface area contributed by atoms with Gasteiger partial charge in [-0.1, -0.05) is 6.07 Å². The molecule has 1 aliphatic rings. The molecule has 0 spiro atoms. The second-order valence-electron chi connectivity index (χ2n) is 6.75. The lowest BCUT2D eigenvalue weighted by Crippen LogP contribution is -2.49. The standard InChI is InChI=1S/C19H21FN4O5S/c20-15-4-6-18(7-5-15)30(28,29)21-9-8-19(25)23-12-10-22(11-13-23)16-2-1-3-17(14-16)24(26)27/h1-7,14,21H,8-13H2. The molecule has 0 aliphatic carbocycles. The molecule has 9 nitrogen and oxygen atoms in total. The largest absolute Gasteiger partial charge is 0.368 e. The van der Waals surface area contributed by atoms with Crippen LogP contribution in [0.4, 0.5) is 15.8 Å². The Morgan fingerprint density at radius 1 is 1.10 bits per heavy atom. The average Bonchev–Trinajstić information content (AvgIpc) is 2.74.